The molecule has 4 aromatic rings. The summed E-state index contributed by atoms with van der Waals surface area (Å²) < 4.78 is 0. The number of halogens is 1. The second-order valence-corrected chi connectivity index (χ2v) is 5.31. The third-order valence-corrected chi connectivity index (χ3v) is 3.80. The van der Waals surface area contributed by atoms with E-state index >= 15 is 0 Å². The van der Waals surface area contributed by atoms with E-state index in [0.717, 1.165) is 38.8 Å². The van der Waals surface area contributed by atoms with E-state index in [1.54, 1.807) is 12.3 Å². The molecular weight excluding hydrogens is 284 g/mol. The van der Waals surface area contributed by atoms with Gasteiger partial charge in [-0.3, -0.25) is 5.10 Å². The van der Waals surface area contributed by atoms with Gasteiger partial charge in [0.25, 0.3) is 0 Å². The molecule has 0 radical (unpaired) electrons. The Morgan fingerprint density at radius 3 is 2.57 bits per heavy atom. The molecule has 4 nitrogen and oxygen atoms in total. The first-order chi connectivity index (χ1) is 10.2. The molecule has 0 saturated carbocycles. The fourth-order valence-corrected chi connectivity index (χ4v) is 2.66. The molecule has 1 N–H and O–H groups in total. The van der Waals surface area contributed by atoms with Crippen molar-refractivity contribution in [1.82, 2.24) is 20.2 Å². The quantitative estimate of drug-likeness (QED) is 0.537. The minimum Gasteiger partial charge on any atom is -0.280 e. The van der Waals surface area contributed by atoms with Crippen LogP contribution in [0.4, 0.5) is 0 Å². The summed E-state index contributed by atoms with van der Waals surface area (Å²) in [5, 5.41) is 9.99. The van der Waals surface area contributed by atoms with Crippen LogP contribution in [0.1, 0.15) is 5.69 Å². The van der Waals surface area contributed by atoms with Crippen LogP contribution in [0.15, 0.2) is 42.6 Å². The van der Waals surface area contributed by atoms with Gasteiger partial charge in [-0.05, 0) is 19.1 Å². The summed E-state index contributed by atoms with van der Waals surface area (Å²) >= 11 is 5.87. The Hall–Kier alpha value is -2.46. The van der Waals surface area contributed by atoms with Crippen molar-refractivity contribution in [2.45, 2.75) is 6.92 Å². The summed E-state index contributed by atoms with van der Waals surface area (Å²) in [6, 6.07) is 11.8. The molecule has 1 aromatic carbocycles. The molecule has 0 saturated heterocycles. The molecule has 0 aliphatic heterocycles. The number of fused-ring (bicyclic) bond motifs is 3. The zero-order valence-corrected chi connectivity index (χ0v) is 12.0. The van der Waals surface area contributed by atoms with Gasteiger partial charge in [0.15, 0.2) is 0 Å². The number of nitrogens with one attached hydrogen (secondary N) is 1. The van der Waals surface area contributed by atoms with E-state index in [9.17, 15) is 0 Å². The lowest BCUT2D eigenvalue weighted by atomic mass is 10.0. The van der Waals surface area contributed by atoms with Crippen LogP contribution in [0.25, 0.3) is 33.1 Å². The van der Waals surface area contributed by atoms with Crippen LogP contribution in [0.2, 0.25) is 5.15 Å². The van der Waals surface area contributed by atoms with E-state index in [0.29, 0.717) is 5.15 Å². The van der Waals surface area contributed by atoms with Gasteiger partial charge in [-0.1, -0.05) is 35.9 Å². The molecule has 0 amide bonds. The van der Waals surface area contributed by atoms with Crippen molar-refractivity contribution in [2.24, 2.45) is 0 Å². The first-order valence-electron chi connectivity index (χ1n) is 6.59. The normalized spacial score (nSPS) is 11.3. The maximum absolute atomic E-state index is 5.87. The summed E-state index contributed by atoms with van der Waals surface area (Å²) in [4.78, 5) is 8.94. The lowest BCUT2D eigenvalue weighted by Crippen LogP contribution is -1.90. The molecule has 0 atom stereocenters. The molecule has 4 rings (SSSR count). The molecule has 102 valence electrons. The van der Waals surface area contributed by atoms with E-state index in [4.69, 9.17) is 16.6 Å². The third kappa shape index (κ3) is 1.87. The number of hydrogen-bond acceptors (Lipinski definition) is 3. The molecule has 0 aliphatic rings. The van der Waals surface area contributed by atoms with E-state index in [1.807, 2.05) is 25.1 Å². The van der Waals surface area contributed by atoms with Gasteiger partial charge in [0.1, 0.15) is 16.2 Å². The van der Waals surface area contributed by atoms with Gasteiger partial charge in [-0.25, -0.2) is 9.97 Å². The van der Waals surface area contributed by atoms with E-state index in [2.05, 4.69) is 27.3 Å². The minimum atomic E-state index is 0.476. The average Bonchev–Trinajstić information content (AvgIpc) is 2.89. The van der Waals surface area contributed by atoms with Crippen LogP contribution in [0.3, 0.4) is 0 Å². The molecule has 3 heterocycles. The lowest BCUT2D eigenvalue weighted by molar-refractivity contribution is 1.07. The average molecular weight is 295 g/mol. The predicted octanol–water partition coefficient (Wildman–Crippen LogP) is 4.13. The third-order valence-electron chi connectivity index (χ3n) is 3.58. The van der Waals surface area contributed by atoms with Crippen LogP contribution in [0.5, 0.6) is 0 Å². The monoisotopic (exact) mass is 294 g/mol. The highest BCUT2D eigenvalue weighted by Gasteiger charge is 2.13. The summed E-state index contributed by atoms with van der Waals surface area (Å²) in [6.07, 6.45) is 1.75. The summed E-state index contributed by atoms with van der Waals surface area (Å²) in [5.41, 5.74) is 4.58. The van der Waals surface area contributed by atoms with Crippen molar-refractivity contribution < 1.29 is 0 Å². The van der Waals surface area contributed by atoms with Crippen molar-refractivity contribution in [1.29, 1.82) is 0 Å². The van der Waals surface area contributed by atoms with Crippen LogP contribution in [-0.4, -0.2) is 20.2 Å². The number of aromatic nitrogens is 4. The van der Waals surface area contributed by atoms with Crippen LogP contribution >= 0.6 is 11.6 Å². The van der Waals surface area contributed by atoms with Crippen LogP contribution in [-0.2, 0) is 0 Å². The van der Waals surface area contributed by atoms with Gasteiger partial charge in [0, 0.05) is 22.5 Å². The van der Waals surface area contributed by atoms with Crippen LogP contribution < -0.4 is 0 Å². The Bertz CT molecular complexity index is 957. The molecule has 0 aliphatic carbocycles. The van der Waals surface area contributed by atoms with E-state index < -0.39 is 0 Å². The number of aryl methyl sites for hydroxylation is 1. The zero-order chi connectivity index (χ0) is 14.4. The number of H-pyrrole nitrogens is 1. The zero-order valence-electron chi connectivity index (χ0n) is 11.3. The number of benzene rings is 1. The van der Waals surface area contributed by atoms with Crippen LogP contribution in [0, 0.1) is 6.92 Å². The number of pyridine rings is 2. The molecule has 0 unspecified atom stereocenters. The molecule has 5 heteroatoms. The molecular formula is C16H11ClN4. The number of hydrogen-bond donors (Lipinski definition) is 1. The van der Waals surface area contributed by atoms with Crippen molar-refractivity contribution in [3.63, 3.8) is 0 Å². The summed E-state index contributed by atoms with van der Waals surface area (Å²) in [6.45, 7) is 1.97. The van der Waals surface area contributed by atoms with E-state index in [-0.39, 0.29) is 0 Å². The Kier molecular flexibility index (Phi) is 2.65. The summed E-state index contributed by atoms with van der Waals surface area (Å²) in [7, 11) is 0. The lowest BCUT2D eigenvalue weighted by Gasteiger charge is -2.07. The van der Waals surface area contributed by atoms with Crippen molar-refractivity contribution in [2.75, 3.05) is 0 Å². The fourth-order valence-electron chi connectivity index (χ4n) is 2.55. The SMILES string of the molecule is Cc1[nH]nc2c1nc(-c1ccc(Cl)nc1)c1ccccc12. The van der Waals surface area contributed by atoms with Crippen molar-refractivity contribution in [3.05, 3.63) is 53.4 Å². The number of rotatable bonds is 1. The second-order valence-electron chi connectivity index (χ2n) is 4.92. The highest BCUT2D eigenvalue weighted by atomic mass is 35.5. The Morgan fingerprint density at radius 1 is 1.00 bits per heavy atom. The Labute approximate surface area is 125 Å². The molecule has 3 aromatic heterocycles. The molecule has 0 bridgehead atoms. The first kappa shape index (κ1) is 12.3. The Balaban J connectivity index is 2.15. The van der Waals surface area contributed by atoms with Crippen molar-refractivity contribution >= 4 is 33.4 Å². The molecule has 0 spiro atoms. The van der Waals surface area contributed by atoms with E-state index in [1.165, 1.54) is 0 Å². The maximum atomic E-state index is 5.87. The highest BCUT2D eigenvalue weighted by Crippen LogP contribution is 2.32. The topological polar surface area (TPSA) is 54.5 Å². The first-order valence-corrected chi connectivity index (χ1v) is 6.97. The van der Waals surface area contributed by atoms with Gasteiger partial charge in [-0.2, -0.15) is 5.10 Å². The van der Waals surface area contributed by atoms with Gasteiger partial charge in [-0.15, -0.1) is 0 Å². The summed E-state index contributed by atoms with van der Waals surface area (Å²) in [5.74, 6) is 0. The molecule has 0 fully saturated rings. The smallest absolute Gasteiger partial charge is 0.129 e. The minimum absolute atomic E-state index is 0.476. The largest absolute Gasteiger partial charge is 0.280 e. The fraction of sp³-hybridized carbons (Fsp3) is 0.0625. The maximum Gasteiger partial charge on any atom is 0.129 e. The van der Waals surface area contributed by atoms with Gasteiger partial charge in [0.05, 0.1) is 11.4 Å². The number of aromatic amines is 1. The van der Waals surface area contributed by atoms with Gasteiger partial charge in [0.2, 0.25) is 0 Å². The van der Waals surface area contributed by atoms with Gasteiger partial charge >= 0.3 is 0 Å². The standard InChI is InChI=1S/C16H11ClN4/c1-9-14-16(21-20-9)12-5-3-2-4-11(12)15(19-14)10-6-7-13(17)18-8-10/h2-8H,1H3,(H,20,21). The second kappa shape index (κ2) is 4.53. The molecule has 21 heavy (non-hydrogen) atoms. The van der Waals surface area contributed by atoms with Gasteiger partial charge < -0.3 is 0 Å². The Morgan fingerprint density at radius 2 is 1.81 bits per heavy atom. The van der Waals surface area contributed by atoms with Crippen molar-refractivity contribution in [3.8, 4) is 11.3 Å². The highest BCUT2D eigenvalue weighted by molar-refractivity contribution is 6.29. The number of nitrogens with zero attached hydrogens (tertiary/aromatic N) is 3. The predicted molar refractivity (Wildman–Crippen MR) is 84.4 cm³/mol.